The van der Waals surface area contributed by atoms with Crippen LogP contribution in [-0.2, 0) is 20.7 Å². The molecule has 94 valence electrons. The van der Waals surface area contributed by atoms with Crippen LogP contribution in [-0.4, -0.2) is 35.5 Å². The molecule has 1 aromatic rings. The van der Waals surface area contributed by atoms with Crippen LogP contribution < -0.4 is 5.32 Å². The predicted octanol–water partition coefficient (Wildman–Crippen LogP) is 0.412. The lowest BCUT2D eigenvalue weighted by molar-refractivity contribution is -0.140. The van der Waals surface area contributed by atoms with Crippen LogP contribution in [0.25, 0.3) is 0 Å². The van der Waals surface area contributed by atoms with Gasteiger partial charge in [0.05, 0.1) is 13.4 Å². The Kier molecular flexibility index (Phi) is 5.77. The maximum absolute atomic E-state index is 11.4. The second-order valence-corrected chi connectivity index (χ2v) is 3.61. The van der Waals surface area contributed by atoms with Gasteiger partial charge in [0.15, 0.2) is 0 Å². The van der Waals surface area contributed by atoms with Crippen LogP contribution in [0.1, 0.15) is 25.0 Å². The molecular formula is C11H17N3O3. The van der Waals surface area contributed by atoms with Crippen molar-refractivity contribution in [1.82, 2.24) is 15.3 Å². The number of nitrogens with zero attached hydrogens (tertiary/aromatic N) is 1. The molecule has 0 fully saturated rings. The Morgan fingerprint density at radius 1 is 1.47 bits per heavy atom. The Morgan fingerprint density at radius 2 is 2.29 bits per heavy atom. The van der Waals surface area contributed by atoms with E-state index in [1.54, 1.807) is 12.5 Å². The molecule has 2 N–H and O–H groups in total. The van der Waals surface area contributed by atoms with Crippen LogP contribution in [0.15, 0.2) is 12.5 Å². The number of carbonyl (C=O) groups excluding carboxylic acids is 2. The molecule has 1 aromatic heterocycles. The van der Waals surface area contributed by atoms with E-state index in [1.165, 1.54) is 7.11 Å². The van der Waals surface area contributed by atoms with Gasteiger partial charge in [-0.05, 0) is 6.42 Å². The van der Waals surface area contributed by atoms with Gasteiger partial charge in [-0.1, -0.05) is 0 Å². The summed E-state index contributed by atoms with van der Waals surface area (Å²) in [4.78, 5) is 29.0. The monoisotopic (exact) mass is 239 g/mol. The fourth-order valence-electron chi connectivity index (χ4n) is 1.34. The van der Waals surface area contributed by atoms with E-state index in [-0.39, 0.29) is 18.3 Å². The Morgan fingerprint density at radius 3 is 2.94 bits per heavy atom. The molecule has 0 aromatic carbocycles. The second-order valence-electron chi connectivity index (χ2n) is 3.61. The summed E-state index contributed by atoms with van der Waals surface area (Å²) in [5.41, 5.74) is 0.986. The van der Waals surface area contributed by atoms with Crippen LogP contribution in [0.4, 0.5) is 0 Å². The van der Waals surface area contributed by atoms with Crippen molar-refractivity contribution < 1.29 is 14.3 Å². The SMILES string of the molecule is COC(=O)CCCC(=O)NCCc1cnc[nH]1. The van der Waals surface area contributed by atoms with Gasteiger partial charge in [-0.25, -0.2) is 4.98 Å². The van der Waals surface area contributed by atoms with E-state index < -0.39 is 0 Å². The molecule has 1 rings (SSSR count). The topological polar surface area (TPSA) is 84.1 Å². The average molecular weight is 239 g/mol. The van der Waals surface area contributed by atoms with Crippen LogP contribution in [0.2, 0.25) is 0 Å². The van der Waals surface area contributed by atoms with Crippen LogP contribution in [0, 0.1) is 0 Å². The molecule has 0 aliphatic carbocycles. The maximum atomic E-state index is 11.4. The highest BCUT2D eigenvalue weighted by Gasteiger charge is 2.04. The molecule has 17 heavy (non-hydrogen) atoms. The third kappa shape index (κ3) is 5.70. The van der Waals surface area contributed by atoms with Crippen molar-refractivity contribution in [3.63, 3.8) is 0 Å². The van der Waals surface area contributed by atoms with E-state index in [0.29, 0.717) is 19.4 Å². The first-order chi connectivity index (χ1) is 8.22. The van der Waals surface area contributed by atoms with Gasteiger partial charge < -0.3 is 15.0 Å². The van der Waals surface area contributed by atoms with Gasteiger partial charge in [0, 0.05) is 37.7 Å². The number of H-pyrrole nitrogens is 1. The standard InChI is InChI=1S/C11H17N3O3/c1-17-11(16)4-2-3-10(15)13-6-5-9-7-12-8-14-9/h7-8H,2-6H2,1H3,(H,12,14)(H,13,15). The van der Waals surface area contributed by atoms with Gasteiger partial charge in [0.1, 0.15) is 0 Å². The molecule has 6 nitrogen and oxygen atoms in total. The summed E-state index contributed by atoms with van der Waals surface area (Å²) < 4.78 is 4.48. The van der Waals surface area contributed by atoms with E-state index >= 15 is 0 Å². The van der Waals surface area contributed by atoms with Crippen LogP contribution >= 0.6 is 0 Å². The molecule has 0 spiro atoms. The minimum absolute atomic E-state index is 0.0478. The summed E-state index contributed by atoms with van der Waals surface area (Å²) in [5, 5.41) is 2.77. The molecule has 0 saturated heterocycles. The Balaban J connectivity index is 2.03. The van der Waals surface area contributed by atoms with Crippen molar-refractivity contribution in [1.29, 1.82) is 0 Å². The first-order valence-electron chi connectivity index (χ1n) is 5.53. The summed E-state index contributed by atoms with van der Waals surface area (Å²) in [6, 6.07) is 0. The summed E-state index contributed by atoms with van der Waals surface area (Å²) in [6.07, 6.45) is 5.20. The van der Waals surface area contributed by atoms with E-state index in [0.717, 1.165) is 12.1 Å². The van der Waals surface area contributed by atoms with E-state index in [1.807, 2.05) is 0 Å². The number of hydrogen-bond acceptors (Lipinski definition) is 4. The zero-order chi connectivity index (χ0) is 12.5. The maximum Gasteiger partial charge on any atom is 0.305 e. The summed E-state index contributed by atoms with van der Waals surface area (Å²) >= 11 is 0. The van der Waals surface area contributed by atoms with Crippen LogP contribution in [0.5, 0.6) is 0 Å². The number of nitrogens with one attached hydrogen (secondary N) is 2. The molecule has 0 atom stereocenters. The number of aromatic nitrogens is 2. The molecule has 0 bridgehead atoms. The molecular weight excluding hydrogens is 222 g/mol. The zero-order valence-electron chi connectivity index (χ0n) is 9.86. The van der Waals surface area contributed by atoms with Crippen LogP contribution in [0.3, 0.4) is 0 Å². The zero-order valence-corrected chi connectivity index (χ0v) is 9.86. The Labute approximate surface area is 99.8 Å². The minimum Gasteiger partial charge on any atom is -0.469 e. The first-order valence-corrected chi connectivity index (χ1v) is 5.53. The average Bonchev–Trinajstić information content (AvgIpc) is 2.82. The molecule has 0 saturated carbocycles. The molecule has 0 radical (unpaired) electrons. The lowest BCUT2D eigenvalue weighted by Gasteiger charge is -2.03. The number of hydrogen-bond donors (Lipinski definition) is 2. The van der Waals surface area contributed by atoms with Crippen molar-refractivity contribution in [2.75, 3.05) is 13.7 Å². The number of amides is 1. The highest BCUT2D eigenvalue weighted by atomic mass is 16.5. The fourth-order valence-corrected chi connectivity index (χ4v) is 1.34. The number of imidazole rings is 1. The smallest absolute Gasteiger partial charge is 0.305 e. The number of methoxy groups -OCH3 is 1. The number of esters is 1. The third-order valence-corrected chi connectivity index (χ3v) is 2.28. The normalized spacial score (nSPS) is 9.94. The highest BCUT2D eigenvalue weighted by molar-refractivity contribution is 5.76. The highest BCUT2D eigenvalue weighted by Crippen LogP contribution is 1.97. The van der Waals surface area contributed by atoms with Gasteiger partial charge >= 0.3 is 5.97 Å². The molecule has 1 heterocycles. The van der Waals surface area contributed by atoms with Gasteiger partial charge in [-0.3, -0.25) is 9.59 Å². The van der Waals surface area contributed by atoms with Crippen molar-refractivity contribution in [2.24, 2.45) is 0 Å². The Hall–Kier alpha value is -1.85. The second kappa shape index (κ2) is 7.43. The summed E-state index contributed by atoms with van der Waals surface area (Å²) in [6.45, 7) is 0.569. The minimum atomic E-state index is -0.282. The van der Waals surface area contributed by atoms with Gasteiger partial charge in [0.25, 0.3) is 0 Å². The van der Waals surface area contributed by atoms with E-state index in [2.05, 4.69) is 20.0 Å². The number of carbonyl (C=O) groups is 2. The van der Waals surface area contributed by atoms with Gasteiger partial charge in [-0.15, -0.1) is 0 Å². The number of rotatable bonds is 7. The van der Waals surface area contributed by atoms with Crippen molar-refractivity contribution >= 4 is 11.9 Å². The molecule has 0 aliphatic heterocycles. The third-order valence-electron chi connectivity index (χ3n) is 2.28. The quantitative estimate of drug-likeness (QED) is 0.675. The van der Waals surface area contributed by atoms with Crippen molar-refractivity contribution in [3.8, 4) is 0 Å². The van der Waals surface area contributed by atoms with E-state index in [4.69, 9.17) is 0 Å². The number of ether oxygens (including phenoxy) is 1. The first kappa shape index (κ1) is 13.2. The van der Waals surface area contributed by atoms with E-state index in [9.17, 15) is 9.59 Å². The summed E-state index contributed by atoms with van der Waals surface area (Å²) in [5.74, 6) is -0.330. The molecule has 1 amide bonds. The van der Waals surface area contributed by atoms with Crippen molar-refractivity contribution in [3.05, 3.63) is 18.2 Å². The summed E-state index contributed by atoms with van der Waals surface area (Å²) in [7, 11) is 1.34. The fraction of sp³-hybridized carbons (Fsp3) is 0.545. The van der Waals surface area contributed by atoms with Gasteiger partial charge in [0.2, 0.25) is 5.91 Å². The largest absolute Gasteiger partial charge is 0.469 e. The lowest BCUT2D eigenvalue weighted by Crippen LogP contribution is -2.25. The lowest BCUT2D eigenvalue weighted by atomic mass is 10.2. The van der Waals surface area contributed by atoms with Crippen molar-refractivity contribution in [2.45, 2.75) is 25.7 Å². The number of aromatic amines is 1. The predicted molar refractivity (Wildman–Crippen MR) is 61.2 cm³/mol. The molecule has 0 aliphatic rings. The Bertz CT molecular complexity index is 349. The van der Waals surface area contributed by atoms with Gasteiger partial charge in [-0.2, -0.15) is 0 Å². The molecule has 6 heteroatoms. The molecule has 0 unspecified atom stereocenters.